The molecule has 1 saturated carbocycles. The molecule has 72 valence electrons. The first-order valence-corrected chi connectivity index (χ1v) is 4.61. The summed E-state index contributed by atoms with van der Waals surface area (Å²) in [6.07, 6.45) is 3.70. The first-order chi connectivity index (χ1) is 6.25. The maximum atomic E-state index is 5.31. The van der Waals surface area contributed by atoms with Gasteiger partial charge in [-0.05, 0) is 18.8 Å². The number of hydrogen-bond donors (Lipinski definition) is 2. The minimum absolute atomic E-state index is 0.119. The lowest BCUT2D eigenvalue weighted by Crippen LogP contribution is -2.21. The summed E-state index contributed by atoms with van der Waals surface area (Å²) < 4.78 is 5.04. The van der Waals surface area contributed by atoms with Crippen LogP contribution in [0.15, 0.2) is 4.42 Å². The van der Waals surface area contributed by atoms with Gasteiger partial charge in [0.05, 0.1) is 0 Å². The molecule has 2 atom stereocenters. The van der Waals surface area contributed by atoms with Crippen molar-refractivity contribution in [3.8, 4) is 0 Å². The van der Waals surface area contributed by atoms with Crippen molar-refractivity contribution >= 4 is 12.0 Å². The van der Waals surface area contributed by atoms with Crippen LogP contribution in [0.25, 0.3) is 0 Å². The number of aromatic nitrogens is 2. The highest BCUT2D eigenvalue weighted by Crippen LogP contribution is 2.27. The van der Waals surface area contributed by atoms with Gasteiger partial charge in [0.1, 0.15) is 0 Å². The van der Waals surface area contributed by atoms with E-state index in [0.717, 1.165) is 0 Å². The van der Waals surface area contributed by atoms with Crippen LogP contribution in [0.4, 0.5) is 12.0 Å². The van der Waals surface area contributed by atoms with Crippen LogP contribution in [-0.2, 0) is 0 Å². The zero-order chi connectivity index (χ0) is 9.26. The Bertz CT molecular complexity index is 285. The molecule has 5 nitrogen and oxygen atoms in total. The normalized spacial score (nSPS) is 27.8. The van der Waals surface area contributed by atoms with Crippen molar-refractivity contribution in [2.75, 3.05) is 11.1 Å². The van der Waals surface area contributed by atoms with Gasteiger partial charge in [-0.3, -0.25) is 0 Å². The van der Waals surface area contributed by atoms with Crippen molar-refractivity contribution < 1.29 is 4.42 Å². The van der Waals surface area contributed by atoms with E-state index in [0.29, 0.717) is 18.0 Å². The predicted octanol–water partition coefficient (Wildman–Crippen LogP) is 1.25. The van der Waals surface area contributed by atoms with Crippen LogP contribution in [0.2, 0.25) is 0 Å². The van der Waals surface area contributed by atoms with Gasteiger partial charge in [-0.15, -0.1) is 0 Å². The first-order valence-electron chi connectivity index (χ1n) is 4.61. The Morgan fingerprint density at radius 2 is 2.31 bits per heavy atom. The predicted molar refractivity (Wildman–Crippen MR) is 49.1 cm³/mol. The molecule has 2 rings (SSSR count). The summed E-state index contributed by atoms with van der Waals surface area (Å²) in [6.45, 7) is 2.23. The van der Waals surface area contributed by atoms with Gasteiger partial charge in [0.15, 0.2) is 0 Å². The van der Waals surface area contributed by atoms with Crippen LogP contribution in [0, 0.1) is 5.92 Å². The highest BCUT2D eigenvalue weighted by molar-refractivity contribution is 5.24. The second kappa shape index (κ2) is 3.24. The first kappa shape index (κ1) is 8.34. The Morgan fingerprint density at radius 1 is 1.46 bits per heavy atom. The second-order valence-corrected chi connectivity index (χ2v) is 3.60. The third kappa shape index (κ3) is 1.74. The van der Waals surface area contributed by atoms with Gasteiger partial charge in [-0.1, -0.05) is 23.5 Å². The molecular weight excluding hydrogens is 168 g/mol. The maximum Gasteiger partial charge on any atom is 0.317 e. The monoisotopic (exact) mass is 182 g/mol. The van der Waals surface area contributed by atoms with Crippen LogP contribution >= 0.6 is 0 Å². The Balaban J connectivity index is 1.97. The molecule has 1 aromatic rings. The Kier molecular flexibility index (Phi) is 2.08. The van der Waals surface area contributed by atoms with Gasteiger partial charge in [-0.25, -0.2) is 0 Å². The molecule has 0 radical (unpaired) electrons. The third-order valence-electron chi connectivity index (χ3n) is 2.61. The van der Waals surface area contributed by atoms with Gasteiger partial charge in [0.2, 0.25) is 0 Å². The zero-order valence-electron chi connectivity index (χ0n) is 7.66. The number of hydrogen-bond acceptors (Lipinski definition) is 5. The molecule has 1 aromatic heterocycles. The summed E-state index contributed by atoms with van der Waals surface area (Å²) in [5.74, 6) is 0.674. The van der Waals surface area contributed by atoms with Gasteiger partial charge in [-0.2, -0.15) is 0 Å². The van der Waals surface area contributed by atoms with Crippen LogP contribution in [0.3, 0.4) is 0 Å². The average Bonchev–Trinajstić information content (AvgIpc) is 2.64. The summed E-state index contributed by atoms with van der Waals surface area (Å²) in [5, 5.41) is 10.5. The van der Waals surface area contributed by atoms with Crippen molar-refractivity contribution in [1.82, 2.24) is 10.2 Å². The van der Waals surface area contributed by atoms with Crippen molar-refractivity contribution in [3.63, 3.8) is 0 Å². The number of nitrogens with zero attached hydrogens (tertiary/aromatic N) is 2. The molecule has 3 N–H and O–H groups in total. The molecule has 0 spiro atoms. The van der Waals surface area contributed by atoms with E-state index in [1.54, 1.807) is 0 Å². The fraction of sp³-hybridized carbons (Fsp3) is 0.750. The summed E-state index contributed by atoms with van der Waals surface area (Å²) in [4.78, 5) is 0. The van der Waals surface area contributed by atoms with Crippen LogP contribution < -0.4 is 11.1 Å². The minimum Gasteiger partial charge on any atom is -0.390 e. The largest absolute Gasteiger partial charge is 0.390 e. The van der Waals surface area contributed by atoms with Crippen LogP contribution in [0.1, 0.15) is 26.2 Å². The van der Waals surface area contributed by atoms with E-state index in [2.05, 4.69) is 22.4 Å². The van der Waals surface area contributed by atoms with E-state index in [4.69, 9.17) is 10.2 Å². The molecule has 1 heterocycles. The summed E-state index contributed by atoms with van der Waals surface area (Å²) in [6, 6.07) is 1.02. The second-order valence-electron chi connectivity index (χ2n) is 3.60. The quantitative estimate of drug-likeness (QED) is 0.719. The molecule has 0 saturated heterocycles. The Labute approximate surface area is 76.7 Å². The average molecular weight is 182 g/mol. The smallest absolute Gasteiger partial charge is 0.317 e. The van der Waals surface area contributed by atoms with E-state index in [9.17, 15) is 0 Å². The van der Waals surface area contributed by atoms with Gasteiger partial charge < -0.3 is 15.5 Å². The van der Waals surface area contributed by atoms with Gasteiger partial charge >= 0.3 is 12.0 Å². The fourth-order valence-corrected chi connectivity index (χ4v) is 1.81. The molecule has 13 heavy (non-hydrogen) atoms. The molecule has 0 aromatic carbocycles. The molecular formula is C8H14N4O. The Hall–Kier alpha value is -1.26. The molecule has 0 amide bonds. The molecule has 2 unspecified atom stereocenters. The molecule has 5 heteroatoms. The number of anilines is 2. The van der Waals surface area contributed by atoms with Gasteiger partial charge in [0.25, 0.3) is 0 Å². The summed E-state index contributed by atoms with van der Waals surface area (Å²) >= 11 is 0. The summed E-state index contributed by atoms with van der Waals surface area (Å²) in [7, 11) is 0. The lowest BCUT2D eigenvalue weighted by atomic mass is 10.1. The highest BCUT2D eigenvalue weighted by Gasteiger charge is 2.24. The lowest BCUT2D eigenvalue weighted by Gasteiger charge is -2.14. The number of nitrogen functional groups attached to an aromatic ring is 1. The number of rotatable bonds is 2. The van der Waals surface area contributed by atoms with Crippen LogP contribution in [0.5, 0.6) is 0 Å². The van der Waals surface area contributed by atoms with E-state index >= 15 is 0 Å². The van der Waals surface area contributed by atoms with E-state index < -0.39 is 0 Å². The van der Waals surface area contributed by atoms with Crippen molar-refractivity contribution in [1.29, 1.82) is 0 Å². The molecule has 1 aliphatic rings. The highest BCUT2D eigenvalue weighted by atomic mass is 16.4. The van der Waals surface area contributed by atoms with Crippen molar-refractivity contribution in [2.24, 2.45) is 5.92 Å². The molecule has 1 aliphatic carbocycles. The Morgan fingerprint density at radius 3 is 2.85 bits per heavy atom. The van der Waals surface area contributed by atoms with Crippen LogP contribution in [-0.4, -0.2) is 16.2 Å². The van der Waals surface area contributed by atoms with Crippen molar-refractivity contribution in [2.45, 2.75) is 32.2 Å². The SMILES string of the molecule is CC1CCCC1Nc1nnc(N)o1. The van der Waals surface area contributed by atoms with E-state index in [-0.39, 0.29) is 6.01 Å². The number of nitrogens with one attached hydrogen (secondary N) is 1. The fourth-order valence-electron chi connectivity index (χ4n) is 1.81. The molecule has 1 fully saturated rings. The van der Waals surface area contributed by atoms with Gasteiger partial charge in [0, 0.05) is 6.04 Å². The number of nitrogens with two attached hydrogens (primary N) is 1. The van der Waals surface area contributed by atoms with Crippen molar-refractivity contribution in [3.05, 3.63) is 0 Å². The standard InChI is InChI=1S/C8H14N4O/c1-5-3-2-4-6(5)10-8-12-11-7(9)13-8/h5-6H,2-4H2,1H3,(H2,9,11)(H,10,12). The van der Waals surface area contributed by atoms with E-state index in [1.165, 1.54) is 19.3 Å². The minimum atomic E-state index is 0.119. The topological polar surface area (TPSA) is 77.0 Å². The zero-order valence-corrected chi connectivity index (χ0v) is 7.66. The molecule has 0 bridgehead atoms. The molecule has 0 aliphatic heterocycles. The summed E-state index contributed by atoms with van der Waals surface area (Å²) in [5.41, 5.74) is 5.31. The maximum absolute atomic E-state index is 5.31. The van der Waals surface area contributed by atoms with E-state index in [1.807, 2.05) is 0 Å². The third-order valence-corrected chi connectivity index (χ3v) is 2.61. The lowest BCUT2D eigenvalue weighted by molar-refractivity contribution is 0.520.